The lowest BCUT2D eigenvalue weighted by Crippen LogP contribution is -2.44. The number of ether oxygens (including phenoxy) is 1. The van der Waals surface area contributed by atoms with Gasteiger partial charge in [-0.2, -0.15) is 0 Å². The van der Waals surface area contributed by atoms with Crippen LogP contribution in [0.3, 0.4) is 0 Å². The molecule has 2 aliphatic heterocycles. The lowest BCUT2D eigenvalue weighted by atomic mass is 10.1. The minimum absolute atomic E-state index is 0.103. The van der Waals surface area contributed by atoms with Gasteiger partial charge in [0, 0.05) is 19.2 Å². The topological polar surface area (TPSA) is 110 Å². The number of piperidine rings is 1. The van der Waals surface area contributed by atoms with Crippen LogP contribution in [0, 0.1) is 10.1 Å². The van der Waals surface area contributed by atoms with Gasteiger partial charge in [-0.25, -0.2) is 0 Å². The van der Waals surface area contributed by atoms with E-state index in [0.717, 1.165) is 41.5 Å². The van der Waals surface area contributed by atoms with Crippen molar-refractivity contribution in [1.29, 1.82) is 0 Å². The number of hydrogen-bond acceptors (Lipinski definition) is 7. The number of nitro benzene ring substituents is 1. The zero-order chi connectivity index (χ0) is 24.1. The monoisotopic (exact) mass is 481 g/mol. The van der Waals surface area contributed by atoms with Crippen LogP contribution in [0.25, 0.3) is 6.08 Å². The number of hydrogen-bond donors (Lipinski definition) is 0. The van der Waals surface area contributed by atoms with Crippen molar-refractivity contribution in [2.75, 3.05) is 19.6 Å². The predicted molar refractivity (Wildman–Crippen MR) is 127 cm³/mol. The number of imide groups is 1. The smallest absolute Gasteiger partial charge is 0.311 e. The molecule has 2 saturated heterocycles. The zero-order valence-corrected chi connectivity index (χ0v) is 19.2. The van der Waals surface area contributed by atoms with Crippen molar-refractivity contribution in [1.82, 2.24) is 9.80 Å². The van der Waals surface area contributed by atoms with Crippen molar-refractivity contribution >= 4 is 40.6 Å². The molecule has 2 heterocycles. The van der Waals surface area contributed by atoms with Crippen LogP contribution in [0.1, 0.15) is 30.4 Å². The molecule has 2 aromatic carbocycles. The van der Waals surface area contributed by atoms with E-state index in [1.54, 1.807) is 11.0 Å². The molecular formula is C24H23N3O6S. The summed E-state index contributed by atoms with van der Waals surface area (Å²) in [6, 6.07) is 13.6. The molecule has 3 amide bonds. The number of amides is 3. The summed E-state index contributed by atoms with van der Waals surface area (Å²) in [5.74, 6) is -0.725. The molecule has 0 bridgehead atoms. The van der Waals surface area contributed by atoms with E-state index in [-0.39, 0.29) is 35.4 Å². The number of rotatable bonds is 7. The summed E-state index contributed by atoms with van der Waals surface area (Å²) in [7, 11) is 0. The second-order valence-electron chi connectivity index (χ2n) is 7.97. The molecule has 0 unspecified atom stereocenters. The Kier molecular flexibility index (Phi) is 7.27. The molecule has 0 atom stereocenters. The van der Waals surface area contributed by atoms with Gasteiger partial charge in [-0.3, -0.25) is 29.4 Å². The van der Waals surface area contributed by atoms with Gasteiger partial charge in [-0.15, -0.1) is 0 Å². The lowest BCUT2D eigenvalue weighted by Gasteiger charge is -2.27. The molecule has 0 spiro atoms. The Balaban J connectivity index is 1.47. The first-order valence-electron chi connectivity index (χ1n) is 10.9. The van der Waals surface area contributed by atoms with E-state index in [0.29, 0.717) is 18.7 Å². The molecular weight excluding hydrogens is 458 g/mol. The summed E-state index contributed by atoms with van der Waals surface area (Å²) in [5.41, 5.74) is 1.00. The van der Waals surface area contributed by atoms with Gasteiger partial charge in [0.25, 0.3) is 11.1 Å². The number of nitrogens with zero attached hydrogens (tertiary/aromatic N) is 3. The van der Waals surface area contributed by atoms with E-state index in [9.17, 15) is 24.5 Å². The molecule has 176 valence electrons. The van der Waals surface area contributed by atoms with Gasteiger partial charge in [-0.1, -0.05) is 36.4 Å². The molecule has 4 rings (SSSR count). The van der Waals surface area contributed by atoms with Crippen LogP contribution in [0.4, 0.5) is 10.5 Å². The fourth-order valence-electron chi connectivity index (χ4n) is 3.79. The van der Waals surface area contributed by atoms with E-state index >= 15 is 0 Å². The van der Waals surface area contributed by atoms with Crippen molar-refractivity contribution in [3.63, 3.8) is 0 Å². The molecule has 34 heavy (non-hydrogen) atoms. The first-order chi connectivity index (χ1) is 16.4. The Morgan fingerprint density at radius 2 is 1.82 bits per heavy atom. The van der Waals surface area contributed by atoms with Gasteiger partial charge in [0.15, 0.2) is 5.75 Å². The number of benzene rings is 2. The molecule has 0 N–H and O–H groups in total. The van der Waals surface area contributed by atoms with Crippen molar-refractivity contribution in [3.8, 4) is 5.75 Å². The van der Waals surface area contributed by atoms with E-state index in [2.05, 4.69) is 0 Å². The fraction of sp³-hybridized carbons (Fsp3) is 0.292. The van der Waals surface area contributed by atoms with Crippen molar-refractivity contribution in [3.05, 3.63) is 74.7 Å². The van der Waals surface area contributed by atoms with Crippen LogP contribution in [0.2, 0.25) is 0 Å². The van der Waals surface area contributed by atoms with Gasteiger partial charge >= 0.3 is 5.69 Å². The maximum absolute atomic E-state index is 12.8. The van der Waals surface area contributed by atoms with Gasteiger partial charge in [0.1, 0.15) is 13.2 Å². The van der Waals surface area contributed by atoms with Crippen molar-refractivity contribution in [2.24, 2.45) is 0 Å². The third kappa shape index (κ3) is 5.45. The molecule has 0 aliphatic carbocycles. The van der Waals surface area contributed by atoms with Gasteiger partial charge in [-0.05, 0) is 54.3 Å². The summed E-state index contributed by atoms with van der Waals surface area (Å²) in [5, 5.41) is 11.1. The number of carbonyl (C=O) groups excluding carboxylic acids is 3. The van der Waals surface area contributed by atoms with Crippen LogP contribution < -0.4 is 4.74 Å². The molecule has 0 aromatic heterocycles. The normalized spacial score (nSPS) is 17.4. The summed E-state index contributed by atoms with van der Waals surface area (Å²) in [6.45, 7) is 1.14. The summed E-state index contributed by atoms with van der Waals surface area (Å²) < 4.78 is 5.63. The van der Waals surface area contributed by atoms with Crippen molar-refractivity contribution < 1.29 is 24.0 Å². The highest BCUT2D eigenvalue weighted by molar-refractivity contribution is 8.18. The highest BCUT2D eigenvalue weighted by atomic mass is 32.2. The molecule has 2 aliphatic rings. The number of likely N-dealkylation sites (tertiary alicyclic amines) is 1. The molecule has 2 aromatic rings. The fourth-order valence-corrected chi connectivity index (χ4v) is 4.63. The van der Waals surface area contributed by atoms with Crippen LogP contribution >= 0.6 is 11.8 Å². The minimum Gasteiger partial charge on any atom is -0.482 e. The standard InChI is InChI=1S/C24H23N3O6S/c28-22(25-11-5-2-6-12-25)15-26-23(29)21(34-24(26)30)14-18-9-10-20(19(13-18)27(31)32)33-16-17-7-3-1-4-8-17/h1,3-4,7-10,13-14H,2,5-6,11-12,15-16H2/b21-14-. The highest BCUT2D eigenvalue weighted by Crippen LogP contribution is 2.34. The van der Waals surface area contributed by atoms with Crippen LogP contribution in [0.5, 0.6) is 5.75 Å². The predicted octanol–water partition coefficient (Wildman–Crippen LogP) is 4.22. The first-order valence-corrected chi connectivity index (χ1v) is 11.7. The zero-order valence-electron chi connectivity index (χ0n) is 18.3. The number of nitro groups is 1. The third-order valence-corrected chi connectivity index (χ3v) is 6.50. The van der Waals surface area contributed by atoms with E-state index < -0.39 is 16.1 Å². The van der Waals surface area contributed by atoms with Crippen LogP contribution in [0.15, 0.2) is 53.4 Å². The van der Waals surface area contributed by atoms with Gasteiger partial charge in [0.2, 0.25) is 5.91 Å². The second-order valence-corrected chi connectivity index (χ2v) is 8.96. The Labute approximate surface area is 200 Å². The van der Waals surface area contributed by atoms with E-state index in [1.165, 1.54) is 18.2 Å². The maximum atomic E-state index is 12.8. The number of thioether (sulfide) groups is 1. The molecule has 10 heteroatoms. The highest BCUT2D eigenvalue weighted by Gasteiger charge is 2.37. The molecule has 9 nitrogen and oxygen atoms in total. The molecule has 2 fully saturated rings. The Bertz CT molecular complexity index is 1140. The minimum atomic E-state index is -0.576. The summed E-state index contributed by atoms with van der Waals surface area (Å²) in [6.07, 6.45) is 4.31. The average molecular weight is 482 g/mol. The maximum Gasteiger partial charge on any atom is 0.311 e. The van der Waals surface area contributed by atoms with Gasteiger partial charge in [0.05, 0.1) is 9.83 Å². The van der Waals surface area contributed by atoms with E-state index in [1.807, 2.05) is 30.3 Å². The van der Waals surface area contributed by atoms with Crippen molar-refractivity contribution in [2.45, 2.75) is 25.9 Å². The average Bonchev–Trinajstić information content (AvgIpc) is 3.11. The Hall–Kier alpha value is -3.66. The van der Waals surface area contributed by atoms with Crippen LogP contribution in [-0.2, 0) is 16.2 Å². The SMILES string of the molecule is O=C(CN1C(=O)S/C(=C\c2ccc(OCc3ccccc3)c([N+](=O)[O-])c2)C1=O)N1CCCCC1. The Morgan fingerprint density at radius 3 is 2.53 bits per heavy atom. The lowest BCUT2D eigenvalue weighted by molar-refractivity contribution is -0.386. The van der Waals surface area contributed by atoms with Gasteiger partial charge < -0.3 is 9.64 Å². The summed E-state index contributed by atoms with van der Waals surface area (Å²) >= 11 is 0.718. The molecule has 0 saturated carbocycles. The van der Waals surface area contributed by atoms with E-state index in [4.69, 9.17) is 4.74 Å². The first kappa shape index (κ1) is 23.5. The molecule has 0 radical (unpaired) electrons. The van der Waals surface area contributed by atoms with Crippen LogP contribution in [-0.4, -0.2) is 51.4 Å². The quantitative estimate of drug-likeness (QED) is 0.331. The largest absolute Gasteiger partial charge is 0.482 e. The summed E-state index contributed by atoms with van der Waals surface area (Å²) in [4.78, 5) is 51.4. The second kappa shape index (κ2) is 10.5. The Morgan fingerprint density at radius 1 is 1.09 bits per heavy atom. The number of carbonyl (C=O) groups is 3. The third-order valence-electron chi connectivity index (χ3n) is 5.59.